The topological polar surface area (TPSA) is 40.6 Å². The lowest BCUT2D eigenvalue weighted by atomic mass is 9.92. The van der Waals surface area contributed by atoms with E-state index in [1.807, 2.05) is 73.4 Å². The number of amides is 2. The minimum Gasteiger partial charge on any atom is -0.339 e. The number of hydrogen-bond donors (Lipinski definition) is 0. The van der Waals surface area contributed by atoms with Crippen LogP contribution in [0.5, 0.6) is 0 Å². The fourth-order valence-corrected chi connectivity index (χ4v) is 6.45. The first kappa shape index (κ1) is 23.9. The second-order valence-corrected chi connectivity index (χ2v) is 10.4. The molecule has 174 valence electrons. The average molecular weight is 483 g/mol. The number of carbonyl (C=O) groups is 2. The van der Waals surface area contributed by atoms with Crippen molar-refractivity contribution in [1.29, 1.82) is 0 Å². The Morgan fingerprint density at radius 3 is 2.55 bits per heavy atom. The summed E-state index contributed by atoms with van der Waals surface area (Å²) in [5, 5.41) is 1.12. The Morgan fingerprint density at radius 1 is 1.12 bits per heavy atom. The van der Waals surface area contributed by atoms with Gasteiger partial charge in [-0.15, -0.1) is 11.8 Å². The Kier molecular flexibility index (Phi) is 7.82. The zero-order valence-corrected chi connectivity index (χ0v) is 20.9. The minimum absolute atomic E-state index is 0.0417. The molecular formula is C27H31ClN2O2S. The van der Waals surface area contributed by atoms with Crippen LogP contribution in [0, 0.1) is 0 Å². The number of benzene rings is 2. The Bertz CT molecular complexity index is 1030. The van der Waals surface area contributed by atoms with Crippen molar-refractivity contribution in [1.82, 2.24) is 9.80 Å². The summed E-state index contributed by atoms with van der Waals surface area (Å²) < 4.78 is 0. The third kappa shape index (κ3) is 5.47. The van der Waals surface area contributed by atoms with Crippen LogP contribution in [0.15, 0.2) is 53.4 Å². The Balaban J connectivity index is 1.57. The van der Waals surface area contributed by atoms with Crippen molar-refractivity contribution in [3.05, 3.63) is 75.1 Å². The molecule has 2 aromatic rings. The van der Waals surface area contributed by atoms with Gasteiger partial charge >= 0.3 is 0 Å². The van der Waals surface area contributed by atoms with Crippen LogP contribution in [0.25, 0.3) is 6.08 Å². The molecule has 0 spiro atoms. The second kappa shape index (κ2) is 10.8. The van der Waals surface area contributed by atoms with Gasteiger partial charge in [0.1, 0.15) is 0 Å². The standard InChI is InChI=1S/C27H31ClN2O2S/c1-3-29(4-2)26(31)21-14-12-19(13-15-21)17-25-27(32)30(18-20-8-7-9-22(28)16-20)23-10-5-6-11-24(23)33-25/h7-9,12-17,23-24H,3-6,10-11,18H2,1-2H3/b25-17+. The highest BCUT2D eigenvalue weighted by Crippen LogP contribution is 2.42. The maximum Gasteiger partial charge on any atom is 0.260 e. The van der Waals surface area contributed by atoms with Crippen molar-refractivity contribution in [2.24, 2.45) is 0 Å². The van der Waals surface area contributed by atoms with Gasteiger partial charge in [-0.3, -0.25) is 9.59 Å². The molecule has 2 amide bonds. The van der Waals surface area contributed by atoms with E-state index >= 15 is 0 Å². The minimum atomic E-state index is 0.0417. The van der Waals surface area contributed by atoms with Crippen molar-refractivity contribution in [2.75, 3.05) is 13.1 Å². The summed E-state index contributed by atoms with van der Waals surface area (Å²) >= 11 is 7.93. The molecule has 1 aliphatic carbocycles. The molecule has 4 nitrogen and oxygen atoms in total. The van der Waals surface area contributed by atoms with Crippen molar-refractivity contribution in [3.8, 4) is 0 Å². The second-order valence-electron chi connectivity index (χ2n) is 8.68. The van der Waals surface area contributed by atoms with Crippen LogP contribution in [0.4, 0.5) is 0 Å². The molecule has 4 rings (SSSR count). The van der Waals surface area contributed by atoms with Gasteiger partial charge in [-0.05, 0) is 68.2 Å². The lowest BCUT2D eigenvalue weighted by molar-refractivity contribution is -0.130. The van der Waals surface area contributed by atoms with E-state index in [-0.39, 0.29) is 17.9 Å². The molecule has 33 heavy (non-hydrogen) atoms. The quantitative estimate of drug-likeness (QED) is 0.457. The highest BCUT2D eigenvalue weighted by Gasteiger charge is 2.40. The van der Waals surface area contributed by atoms with Gasteiger partial charge in [0.05, 0.1) is 4.91 Å². The van der Waals surface area contributed by atoms with E-state index in [0.29, 0.717) is 35.5 Å². The van der Waals surface area contributed by atoms with Crippen LogP contribution >= 0.6 is 23.4 Å². The van der Waals surface area contributed by atoms with E-state index in [1.165, 1.54) is 12.8 Å². The van der Waals surface area contributed by atoms with E-state index in [0.717, 1.165) is 28.9 Å². The highest BCUT2D eigenvalue weighted by atomic mass is 35.5. The predicted octanol–water partition coefficient (Wildman–Crippen LogP) is 6.25. The van der Waals surface area contributed by atoms with Crippen molar-refractivity contribution >= 4 is 41.3 Å². The molecule has 6 heteroatoms. The van der Waals surface area contributed by atoms with Crippen LogP contribution < -0.4 is 0 Å². The van der Waals surface area contributed by atoms with E-state index < -0.39 is 0 Å². The van der Waals surface area contributed by atoms with Crippen LogP contribution in [0.2, 0.25) is 5.02 Å². The zero-order chi connectivity index (χ0) is 23.4. The molecule has 0 radical (unpaired) electrons. The lowest BCUT2D eigenvalue weighted by Crippen LogP contribution is -2.50. The van der Waals surface area contributed by atoms with Gasteiger partial charge in [-0.1, -0.05) is 48.7 Å². The van der Waals surface area contributed by atoms with Crippen LogP contribution in [0.3, 0.4) is 0 Å². The van der Waals surface area contributed by atoms with Crippen LogP contribution in [0.1, 0.15) is 61.0 Å². The Labute approximate surface area is 206 Å². The summed E-state index contributed by atoms with van der Waals surface area (Å²) in [7, 11) is 0. The molecule has 0 N–H and O–H groups in total. The number of nitrogens with zero attached hydrogens (tertiary/aromatic N) is 2. The lowest BCUT2D eigenvalue weighted by Gasteiger charge is -2.44. The molecule has 2 unspecified atom stereocenters. The number of fused-ring (bicyclic) bond motifs is 1. The summed E-state index contributed by atoms with van der Waals surface area (Å²) in [5.41, 5.74) is 2.68. The normalized spacial score (nSPS) is 21.7. The molecule has 2 atom stereocenters. The maximum atomic E-state index is 13.6. The number of rotatable bonds is 6. The summed E-state index contributed by atoms with van der Waals surface area (Å²) in [5.74, 6) is 0.131. The van der Waals surface area contributed by atoms with E-state index in [1.54, 1.807) is 11.8 Å². The van der Waals surface area contributed by atoms with Gasteiger partial charge in [0.15, 0.2) is 0 Å². The molecule has 1 saturated carbocycles. The van der Waals surface area contributed by atoms with Crippen molar-refractivity contribution in [3.63, 3.8) is 0 Å². The fourth-order valence-electron chi connectivity index (χ4n) is 4.76. The average Bonchev–Trinajstić information content (AvgIpc) is 2.83. The first-order valence-electron chi connectivity index (χ1n) is 11.8. The molecule has 1 saturated heterocycles. The van der Waals surface area contributed by atoms with Gasteiger partial charge in [0.2, 0.25) is 0 Å². The van der Waals surface area contributed by atoms with E-state index in [4.69, 9.17) is 11.6 Å². The molecule has 0 bridgehead atoms. The fraction of sp³-hybridized carbons (Fsp3) is 0.407. The van der Waals surface area contributed by atoms with Crippen molar-refractivity contribution in [2.45, 2.75) is 57.4 Å². The number of halogens is 1. The Hall–Kier alpha value is -2.24. The van der Waals surface area contributed by atoms with E-state index in [2.05, 4.69) is 4.90 Å². The highest BCUT2D eigenvalue weighted by molar-refractivity contribution is 8.04. The molecule has 1 aliphatic heterocycles. The third-order valence-corrected chi connectivity index (χ3v) is 8.20. The zero-order valence-electron chi connectivity index (χ0n) is 19.3. The number of thioether (sulfide) groups is 1. The van der Waals surface area contributed by atoms with Gasteiger partial charge in [0, 0.05) is 41.5 Å². The van der Waals surface area contributed by atoms with Crippen LogP contribution in [-0.2, 0) is 11.3 Å². The first-order valence-corrected chi connectivity index (χ1v) is 13.1. The van der Waals surface area contributed by atoms with Crippen LogP contribution in [-0.4, -0.2) is 46.0 Å². The largest absolute Gasteiger partial charge is 0.339 e. The van der Waals surface area contributed by atoms with Crippen molar-refractivity contribution < 1.29 is 9.59 Å². The number of carbonyl (C=O) groups excluding carboxylic acids is 2. The third-order valence-electron chi connectivity index (χ3n) is 6.57. The Morgan fingerprint density at radius 2 is 1.85 bits per heavy atom. The van der Waals surface area contributed by atoms with E-state index in [9.17, 15) is 9.59 Å². The SMILES string of the molecule is CCN(CC)C(=O)c1ccc(/C=C2/SC3CCCCC3N(Cc3cccc(Cl)c3)C2=O)cc1. The first-order chi connectivity index (χ1) is 16.0. The molecule has 1 heterocycles. The molecule has 0 aromatic heterocycles. The molecular weight excluding hydrogens is 452 g/mol. The molecule has 2 fully saturated rings. The van der Waals surface area contributed by atoms with Gasteiger partial charge < -0.3 is 9.80 Å². The number of hydrogen-bond acceptors (Lipinski definition) is 3. The summed E-state index contributed by atoms with van der Waals surface area (Å²) in [6.07, 6.45) is 6.54. The summed E-state index contributed by atoms with van der Waals surface area (Å²) in [6, 6.07) is 15.6. The summed E-state index contributed by atoms with van der Waals surface area (Å²) in [6.45, 7) is 5.93. The summed E-state index contributed by atoms with van der Waals surface area (Å²) in [4.78, 5) is 30.8. The monoisotopic (exact) mass is 482 g/mol. The van der Waals surface area contributed by atoms with Gasteiger partial charge in [-0.25, -0.2) is 0 Å². The van der Waals surface area contributed by atoms with Gasteiger partial charge in [0.25, 0.3) is 11.8 Å². The predicted molar refractivity (Wildman–Crippen MR) is 137 cm³/mol. The maximum absolute atomic E-state index is 13.6. The van der Waals surface area contributed by atoms with Gasteiger partial charge in [-0.2, -0.15) is 0 Å². The molecule has 2 aliphatic rings. The molecule has 2 aromatic carbocycles. The smallest absolute Gasteiger partial charge is 0.260 e.